The summed E-state index contributed by atoms with van der Waals surface area (Å²) in [5.74, 6) is 3.45. The predicted octanol–water partition coefficient (Wildman–Crippen LogP) is 10.3. The van der Waals surface area contributed by atoms with Crippen LogP contribution in [-0.4, -0.2) is 0 Å². The highest BCUT2D eigenvalue weighted by molar-refractivity contribution is 6.30. The summed E-state index contributed by atoms with van der Waals surface area (Å²) in [6, 6.07) is 14.4. The van der Waals surface area contributed by atoms with Crippen LogP contribution in [0, 0.1) is 23.6 Å². The van der Waals surface area contributed by atoms with Crippen LogP contribution in [0.3, 0.4) is 0 Å². The van der Waals surface area contributed by atoms with Gasteiger partial charge in [-0.2, -0.15) is 0 Å². The number of halogens is 2. The molecule has 186 valence electrons. The number of rotatable bonds is 10. The molecule has 0 nitrogen and oxygen atoms in total. The first kappa shape index (κ1) is 25.7. The highest BCUT2D eigenvalue weighted by Crippen LogP contribution is 2.40. The zero-order valence-corrected chi connectivity index (χ0v) is 22.0. The summed E-state index contributed by atoms with van der Waals surface area (Å²) >= 11 is 5.79. The first-order valence-electron chi connectivity index (χ1n) is 14.1. The molecule has 0 aliphatic heterocycles. The molecule has 0 N–H and O–H groups in total. The summed E-state index contributed by atoms with van der Waals surface area (Å²) in [5, 5.41) is 0.202. The van der Waals surface area contributed by atoms with Crippen LogP contribution in [0.25, 0.3) is 0 Å². The molecule has 0 atom stereocenters. The van der Waals surface area contributed by atoms with Crippen molar-refractivity contribution in [3.63, 3.8) is 0 Å². The van der Waals surface area contributed by atoms with Crippen molar-refractivity contribution >= 4 is 11.6 Å². The second-order valence-corrected chi connectivity index (χ2v) is 11.7. The van der Waals surface area contributed by atoms with E-state index in [1.165, 1.54) is 94.6 Å². The van der Waals surface area contributed by atoms with Gasteiger partial charge in [0.2, 0.25) is 0 Å². The first-order valence-corrected chi connectivity index (χ1v) is 14.5. The quantitative estimate of drug-likeness (QED) is 0.316. The predicted molar refractivity (Wildman–Crippen MR) is 144 cm³/mol. The van der Waals surface area contributed by atoms with Gasteiger partial charge in [-0.05, 0) is 91.0 Å². The molecule has 2 aliphatic rings. The molecule has 2 heteroatoms. The van der Waals surface area contributed by atoms with Crippen LogP contribution >= 0.6 is 11.6 Å². The Morgan fingerprint density at radius 1 is 0.706 bits per heavy atom. The maximum Gasteiger partial charge on any atom is 0.142 e. The molecular weight excluding hydrogens is 439 g/mol. The summed E-state index contributed by atoms with van der Waals surface area (Å²) in [5.41, 5.74) is 3.86. The monoisotopic (exact) mass is 482 g/mol. The Balaban J connectivity index is 1.15. The SMILES string of the molecule is CCCC[C@H]1CC[C@H](CC[C@H]2CC[C@H](c3ccc(CCc4ccc(Cl)c(F)c4)cc3)CC2)CC1. The lowest BCUT2D eigenvalue weighted by atomic mass is 9.74. The Hall–Kier alpha value is -1.34. The van der Waals surface area contributed by atoms with E-state index >= 15 is 0 Å². The third-order valence-corrected chi connectivity index (χ3v) is 9.21. The second kappa shape index (κ2) is 13.1. The van der Waals surface area contributed by atoms with Crippen molar-refractivity contribution in [2.24, 2.45) is 17.8 Å². The fraction of sp³-hybridized carbons (Fsp3) is 0.625. The van der Waals surface area contributed by atoms with Crippen LogP contribution in [0.1, 0.15) is 113 Å². The van der Waals surface area contributed by atoms with Gasteiger partial charge in [-0.1, -0.05) is 107 Å². The van der Waals surface area contributed by atoms with Crippen LogP contribution in [0.5, 0.6) is 0 Å². The molecule has 0 bridgehead atoms. The van der Waals surface area contributed by atoms with Crippen molar-refractivity contribution in [3.05, 3.63) is 70.0 Å². The lowest BCUT2D eigenvalue weighted by Crippen LogP contribution is -2.17. The van der Waals surface area contributed by atoms with Gasteiger partial charge >= 0.3 is 0 Å². The molecule has 2 aromatic carbocycles. The molecule has 2 saturated carbocycles. The van der Waals surface area contributed by atoms with E-state index in [-0.39, 0.29) is 10.8 Å². The van der Waals surface area contributed by atoms with Crippen molar-refractivity contribution in [3.8, 4) is 0 Å². The van der Waals surface area contributed by atoms with Crippen molar-refractivity contribution in [2.45, 2.75) is 109 Å². The van der Waals surface area contributed by atoms with Crippen molar-refractivity contribution < 1.29 is 4.39 Å². The molecule has 2 aliphatic carbocycles. The fourth-order valence-corrected chi connectivity index (χ4v) is 6.62. The number of unbranched alkanes of at least 4 members (excludes halogenated alkanes) is 1. The lowest BCUT2D eigenvalue weighted by Gasteiger charge is -2.32. The Morgan fingerprint density at radius 2 is 1.24 bits per heavy atom. The molecule has 2 aromatic rings. The zero-order valence-electron chi connectivity index (χ0n) is 21.2. The van der Waals surface area contributed by atoms with E-state index in [2.05, 4.69) is 31.2 Å². The molecule has 34 heavy (non-hydrogen) atoms. The Kier molecular flexibility index (Phi) is 9.92. The third kappa shape index (κ3) is 7.58. The summed E-state index contributed by atoms with van der Waals surface area (Å²) in [7, 11) is 0. The Morgan fingerprint density at radius 3 is 1.82 bits per heavy atom. The van der Waals surface area contributed by atoms with E-state index in [4.69, 9.17) is 11.6 Å². The summed E-state index contributed by atoms with van der Waals surface area (Å²) < 4.78 is 13.7. The van der Waals surface area contributed by atoms with E-state index in [0.717, 1.165) is 42.1 Å². The van der Waals surface area contributed by atoms with Gasteiger partial charge in [-0.15, -0.1) is 0 Å². The van der Waals surface area contributed by atoms with Gasteiger partial charge in [0.15, 0.2) is 0 Å². The van der Waals surface area contributed by atoms with E-state index in [9.17, 15) is 4.39 Å². The fourth-order valence-electron chi connectivity index (χ4n) is 6.50. The summed E-state index contributed by atoms with van der Waals surface area (Å²) in [6.45, 7) is 2.32. The van der Waals surface area contributed by atoms with Gasteiger partial charge in [0.1, 0.15) is 5.82 Å². The minimum absolute atomic E-state index is 0.202. The molecule has 0 aromatic heterocycles. The van der Waals surface area contributed by atoms with E-state index < -0.39 is 0 Å². The molecule has 0 amide bonds. The normalized spacial score (nSPS) is 25.4. The van der Waals surface area contributed by atoms with Gasteiger partial charge in [-0.3, -0.25) is 0 Å². The zero-order chi connectivity index (χ0) is 23.8. The second-order valence-electron chi connectivity index (χ2n) is 11.3. The standard InChI is InChI=1S/C32H44ClF/c1-2-3-4-24-5-7-25(8-6-24)9-10-26-13-18-29(19-14-26)30-20-15-27(16-21-30)11-12-28-17-22-31(33)32(34)23-28/h15-17,20-26,29H,2-14,18-19H2,1H3/t24-,25-,26-,29-. The topological polar surface area (TPSA) is 0 Å². The van der Waals surface area contributed by atoms with E-state index in [1.807, 2.05) is 6.07 Å². The minimum atomic E-state index is -0.320. The maximum atomic E-state index is 13.7. The number of hydrogen-bond acceptors (Lipinski definition) is 0. The molecule has 0 spiro atoms. The maximum absolute atomic E-state index is 13.7. The van der Waals surface area contributed by atoms with Crippen LogP contribution in [0.15, 0.2) is 42.5 Å². The van der Waals surface area contributed by atoms with E-state index in [0.29, 0.717) is 0 Å². The van der Waals surface area contributed by atoms with Crippen LogP contribution in [-0.2, 0) is 12.8 Å². The largest absolute Gasteiger partial charge is 0.205 e. The number of aryl methyl sites for hydroxylation is 2. The molecule has 4 rings (SSSR count). The van der Waals surface area contributed by atoms with E-state index in [1.54, 1.807) is 12.1 Å². The lowest BCUT2D eigenvalue weighted by molar-refractivity contribution is 0.222. The van der Waals surface area contributed by atoms with Crippen LogP contribution < -0.4 is 0 Å². The Bertz CT molecular complexity index is 857. The average Bonchev–Trinajstić information content (AvgIpc) is 2.88. The molecule has 0 saturated heterocycles. The Labute approximate surface area is 212 Å². The molecular formula is C32H44ClF. The van der Waals surface area contributed by atoms with Gasteiger partial charge < -0.3 is 0 Å². The summed E-state index contributed by atoms with van der Waals surface area (Å²) in [6.07, 6.45) is 20.6. The van der Waals surface area contributed by atoms with Crippen LogP contribution in [0.2, 0.25) is 5.02 Å². The van der Waals surface area contributed by atoms with Crippen molar-refractivity contribution in [2.75, 3.05) is 0 Å². The third-order valence-electron chi connectivity index (χ3n) is 8.90. The highest BCUT2D eigenvalue weighted by atomic mass is 35.5. The molecule has 0 heterocycles. The minimum Gasteiger partial charge on any atom is -0.205 e. The summed E-state index contributed by atoms with van der Waals surface area (Å²) in [4.78, 5) is 0. The highest BCUT2D eigenvalue weighted by Gasteiger charge is 2.25. The van der Waals surface area contributed by atoms with Crippen molar-refractivity contribution in [1.82, 2.24) is 0 Å². The van der Waals surface area contributed by atoms with Crippen molar-refractivity contribution in [1.29, 1.82) is 0 Å². The van der Waals surface area contributed by atoms with Gasteiger partial charge in [0, 0.05) is 0 Å². The van der Waals surface area contributed by atoms with Gasteiger partial charge in [0.05, 0.1) is 5.02 Å². The molecule has 0 unspecified atom stereocenters. The molecule has 2 fully saturated rings. The number of benzene rings is 2. The number of hydrogen-bond donors (Lipinski definition) is 0. The van der Waals surface area contributed by atoms with Crippen LogP contribution in [0.4, 0.5) is 4.39 Å². The van der Waals surface area contributed by atoms with Gasteiger partial charge in [0.25, 0.3) is 0 Å². The average molecular weight is 483 g/mol. The van der Waals surface area contributed by atoms with Gasteiger partial charge in [-0.25, -0.2) is 4.39 Å². The first-order chi connectivity index (χ1) is 16.6. The smallest absolute Gasteiger partial charge is 0.142 e. The molecule has 0 radical (unpaired) electrons.